The van der Waals surface area contributed by atoms with Gasteiger partial charge in [-0.15, -0.1) is 0 Å². The molecule has 0 bridgehead atoms. The minimum atomic E-state index is 0.139. The summed E-state index contributed by atoms with van der Waals surface area (Å²) in [6.45, 7) is 1.92. The van der Waals surface area contributed by atoms with Crippen LogP contribution in [0.4, 0.5) is 5.69 Å². The molecule has 0 fully saturated rings. The van der Waals surface area contributed by atoms with Gasteiger partial charge in [0.05, 0.1) is 5.69 Å². The molecule has 1 rings (SSSR count). The van der Waals surface area contributed by atoms with Crippen molar-refractivity contribution in [3.8, 4) is 5.75 Å². The molecule has 11 heavy (non-hydrogen) atoms. The van der Waals surface area contributed by atoms with Gasteiger partial charge in [-0.1, -0.05) is 18.2 Å². The first-order valence-electron chi connectivity index (χ1n) is 3.45. The molecule has 0 saturated heterocycles. The van der Waals surface area contributed by atoms with Crippen molar-refractivity contribution in [2.45, 2.75) is 6.92 Å². The molecule has 0 aromatic heterocycles. The zero-order valence-electron chi connectivity index (χ0n) is 6.41. The van der Waals surface area contributed by atoms with Crippen LogP contribution in [-0.2, 0) is 0 Å². The summed E-state index contributed by atoms with van der Waals surface area (Å²) in [4.78, 5) is 0. The molecule has 0 aliphatic rings. The van der Waals surface area contributed by atoms with Gasteiger partial charge in [-0.25, -0.2) is 0 Å². The number of aromatic hydroxyl groups is 1. The van der Waals surface area contributed by atoms with Crippen LogP contribution in [0.15, 0.2) is 24.3 Å². The first kappa shape index (κ1) is 7.66. The van der Waals surface area contributed by atoms with Gasteiger partial charge in [0.15, 0.2) is 0 Å². The van der Waals surface area contributed by atoms with Crippen LogP contribution in [0.5, 0.6) is 5.75 Å². The Hall–Kier alpha value is -1.44. The third-order valence-corrected chi connectivity index (χ3v) is 1.41. The summed E-state index contributed by atoms with van der Waals surface area (Å²) in [6, 6.07) is 5.18. The van der Waals surface area contributed by atoms with Gasteiger partial charge in [0.2, 0.25) is 0 Å². The minimum Gasteiger partial charge on any atom is -0.506 e. The van der Waals surface area contributed by atoms with Crippen molar-refractivity contribution in [1.29, 1.82) is 0 Å². The molecule has 0 spiro atoms. The van der Waals surface area contributed by atoms with E-state index >= 15 is 0 Å². The zero-order chi connectivity index (χ0) is 8.27. The highest BCUT2D eigenvalue weighted by Crippen LogP contribution is 2.20. The second-order valence-corrected chi connectivity index (χ2v) is 2.32. The summed E-state index contributed by atoms with van der Waals surface area (Å²) in [5.74, 6) is 0.139. The van der Waals surface area contributed by atoms with Gasteiger partial charge in [0.25, 0.3) is 0 Å². The maximum atomic E-state index is 9.17. The van der Waals surface area contributed by atoms with E-state index in [1.165, 1.54) is 0 Å². The molecule has 0 heterocycles. The topological polar surface area (TPSA) is 46.2 Å². The molecule has 1 aromatic rings. The second kappa shape index (κ2) is 3.10. The van der Waals surface area contributed by atoms with Crippen LogP contribution in [0.25, 0.3) is 6.08 Å². The van der Waals surface area contributed by atoms with Gasteiger partial charge in [-0.2, -0.15) is 0 Å². The smallest absolute Gasteiger partial charge is 0.139 e. The van der Waals surface area contributed by atoms with Crippen LogP contribution in [0.1, 0.15) is 12.5 Å². The van der Waals surface area contributed by atoms with E-state index in [0.717, 1.165) is 5.56 Å². The molecule has 0 radical (unpaired) electrons. The molecule has 2 heteroatoms. The Labute approximate surface area is 66.0 Å². The van der Waals surface area contributed by atoms with Crippen molar-refractivity contribution in [3.63, 3.8) is 0 Å². The van der Waals surface area contributed by atoms with Crippen molar-refractivity contribution in [2.75, 3.05) is 5.73 Å². The summed E-state index contributed by atoms with van der Waals surface area (Å²) in [7, 11) is 0. The Morgan fingerprint density at radius 2 is 2.18 bits per heavy atom. The molecule has 2 nitrogen and oxygen atoms in total. The van der Waals surface area contributed by atoms with Crippen molar-refractivity contribution in [3.05, 3.63) is 29.8 Å². The van der Waals surface area contributed by atoms with E-state index in [-0.39, 0.29) is 5.75 Å². The number of phenols is 1. The summed E-state index contributed by atoms with van der Waals surface area (Å²) < 4.78 is 0. The van der Waals surface area contributed by atoms with Crippen LogP contribution >= 0.6 is 0 Å². The predicted molar refractivity (Wildman–Crippen MR) is 47.2 cm³/mol. The quantitative estimate of drug-likeness (QED) is 0.474. The largest absolute Gasteiger partial charge is 0.506 e. The molecule has 0 amide bonds. The van der Waals surface area contributed by atoms with E-state index in [0.29, 0.717) is 5.69 Å². The fraction of sp³-hybridized carbons (Fsp3) is 0.111. The van der Waals surface area contributed by atoms with Crippen molar-refractivity contribution < 1.29 is 5.11 Å². The lowest BCUT2D eigenvalue weighted by atomic mass is 10.2. The molecule has 58 valence electrons. The fourth-order valence-corrected chi connectivity index (χ4v) is 0.857. The van der Waals surface area contributed by atoms with Crippen molar-refractivity contribution in [1.82, 2.24) is 0 Å². The Balaban J connectivity index is 3.05. The van der Waals surface area contributed by atoms with E-state index in [1.54, 1.807) is 12.1 Å². The summed E-state index contributed by atoms with van der Waals surface area (Å²) in [5, 5.41) is 9.17. The van der Waals surface area contributed by atoms with Gasteiger partial charge in [0.1, 0.15) is 5.75 Å². The Morgan fingerprint density at radius 3 is 2.73 bits per heavy atom. The van der Waals surface area contributed by atoms with Gasteiger partial charge >= 0.3 is 0 Å². The third-order valence-electron chi connectivity index (χ3n) is 1.41. The van der Waals surface area contributed by atoms with Gasteiger partial charge in [-0.3, -0.25) is 0 Å². The average Bonchev–Trinajstić information content (AvgIpc) is 1.98. The number of hydrogen-bond donors (Lipinski definition) is 2. The van der Waals surface area contributed by atoms with Gasteiger partial charge in [-0.05, 0) is 24.6 Å². The third kappa shape index (κ3) is 1.74. The second-order valence-electron chi connectivity index (χ2n) is 2.32. The molecule has 0 unspecified atom stereocenters. The van der Waals surface area contributed by atoms with Crippen LogP contribution in [-0.4, -0.2) is 5.11 Å². The number of phenolic OH excluding ortho intramolecular Hbond substituents is 1. The SMILES string of the molecule is C/C=C/c1ccc(N)c(O)c1. The average molecular weight is 149 g/mol. The number of nitrogens with two attached hydrogens (primary N) is 1. The lowest BCUT2D eigenvalue weighted by molar-refractivity contribution is 0.478. The van der Waals surface area contributed by atoms with E-state index in [4.69, 9.17) is 10.8 Å². The molecule has 1 aromatic carbocycles. The van der Waals surface area contributed by atoms with Gasteiger partial charge in [0, 0.05) is 0 Å². The molecule has 0 aliphatic heterocycles. The summed E-state index contributed by atoms with van der Waals surface area (Å²) in [6.07, 6.45) is 3.81. The van der Waals surface area contributed by atoms with E-state index in [2.05, 4.69) is 0 Å². The number of rotatable bonds is 1. The molecule has 0 saturated carbocycles. The highest BCUT2D eigenvalue weighted by molar-refractivity contribution is 5.60. The highest BCUT2D eigenvalue weighted by atomic mass is 16.3. The molecular formula is C9H11NO. The summed E-state index contributed by atoms with van der Waals surface area (Å²) >= 11 is 0. The number of benzene rings is 1. The van der Waals surface area contributed by atoms with E-state index < -0.39 is 0 Å². The zero-order valence-corrected chi connectivity index (χ0v) is 6.41. The van der Waals surface area contributed by atoms with Crippen LogP contribution < -0.4 is 5.73 Å². The van der Waals surface area contributed by atoms with Crippen LogP contribution in [0, 0.1) is 0 Å². The molecule has 0 aliphatic carbocycles. The molecular weight excluding hydrogens is 138 g/mol. The number of anilines is 1. The van der Waals surface area contributed by atoms with Crippen molar-refractivity contribution in [2.24, 2.45) is 0 Å². The first-order valence-corrected chi connectivity index (χ1v) is 3.45. The lowest BCUT2D eigenvalue weighted by Crippen LogP contribution is -1.84. The monoisotopic (exact) mass is 149 g/mol. The lowest BCUT2D eigenvalue weighted by Gasteiger charge is -1.98. The number of nitrogen functional groups attached to an aromatic ring is 1. The standard InChI is InChI=1S/C9H11NO/c1-2-3-7-4-5-8(10)9(11)6-7/h2-6,11H,10H2,1H3/b3-2+. The first-order chi connectivity index (χ1) is 5.24. The highest BCUT2D eigenvalue weighted by Gasteiger charge is 1.94. The Kier molecular flexibility index (Phi) is 2.16. The fourth-order valence-electron chi connectivity index (χ4n) is 0.857. The minimum absolute atomic E-state index is 0.139. The Bertz CT molecular complexity index is 279. The number of allylic oxidation sites excluding steroid dienone is 1. The summed E-state index contributed by atoms with van der Waals surface area (Å²) in [5.41, 5.74) is 6.78. The Morgan fingerprint density at radius 1 is 1.45 bits per heavy atom. The van der Waals surface area contributed by atoms with E-state index in [1.807, 2.05) is 25.1 Å². The predicted octanol–water partition coefficient (Wildman–Crippen LogP) is 2.01. The van der Waals surface area contributed by atoms with Gasteiger partial charge < -0.3 is 10.8 Å². The normalized spacial score (nSPS) is 10.6. The molecule has 0 atom stereocenters. The maximum Gasteiger partial charge on any atom is 0.139 e. The molecule has 3 N–H and O–H groups in total. The maximum absolute atomic E-state index is 9.17. The van der Waals surface area contributed by atoms with Crippen molar-refractivity contribution >= 4 is 11.8 Å². The van der Waals surface area contributed by atoms with E-state index in [9.17, 15) is 0 Å². The van der Waals surface area contributed by atoms with Crippen LogP contribution in [0.3, 0.4) is 0 Å². The number of hydrogen-bond acceptors (Lipinski definition) is 2. The van der Waals surface area contributed by atoms with Crippen LogP contribution in [0.2, 0.25) is 0 Å².